The molecule has 1 aliphatic rings. The second-order valence-electron chi connectivity index (χ2n) is 5.85. The van der Waals surface area contributed by atoms with Crippen LogP contribution < -0.4 is 14.2 Å². The first-order valence-corrected chi connectivity index (χ1v) is 8.08. The van der Waals surface area contributed by atoms with Crippen molar-refractivity contribution >= 4 is 5.91 Å². The molecule has 0 bridgehead atoms. The minimum absolute atomic E-state index is 0.108. The van der Waals surface area contributed by atoms with Gasteiger partial charge in [-0.3, -0.25) is 4.79 Å². The summed E-state index contributed by atoms with van der Waals surface area (Å²) in [6.45, 7) is 1.33. The third-order valence-corrected chi connectivity index (χ3v) is 4.44. The molecule has 0 radical (unpaired) electrons. The van der Waals surface area contributed by atoms with E-state index in [1.807, 2.05) is 11.1 Å². The van der Waals surface area contributed by atoms with Crippen molar-refractivity contribution in [3.8, 4) is 17.2 Å². The summed E-state index contributed by atoms with van der Waals surface area (Å²) in [6.07, 6.45) is 4.40. The predicted molar refractivity (Wildman–Crippen MR) is 90.1 cm³/mol. The maximum absolute atomic E-state index is 12.4. The second-order valence-corrected chi connectivity index (χ2v) is 5.85. The molecule has 2 heterocycles. The topological polar surface area (TPSA) is 78.7 Å². The van der Waals surface area contributed by atoms with Crippen LogP contribution in [0, 0.1) is 0 Å². The fourth-order valence-corrected chi connectivity index (χ4v) is 2.95. The van der Waals surface area contributed by atoms with Gasteiger partial charge in [-0.25, -0.2) is 4.68 Å². The summed E-state index contributed by atoms with van der Waals surface area (Å²) < 4.78 is 17.9. The summed E-state index contributed by atoms with van der Waals surface area (Å²) >= 11 is 0. The van der Waals surface area contributed by atoms with Gasteiger partial charge in [0.05, 0.1) is 33.6 Å². The van der Waals surface area contributed by atoms with E-state index in [2.05, 4.69) is 10.3 Å². The van der Waals surface area contributed by atoms with Gasteiger partial charge in [-0.15, -0.1) is 5.10 Å². The SMILES string of the molecule is COc1cc(OC)c(CCC(=O)N2CC(n3ccnn3)C2)c(OC)c1. The van der Waals surface area contributed by atoms with Crippen LogP contribution in [-0.2, 0) is 11.2 Å². The molecular formula is C17H22N4O4. The molecule has 3 rings (SSSR count). The molecule has 8 nitrogen and oxygen atoms in total. The number of hydrogen-bond acceptors (Lipinski definition) is 6. The van der Waals surface area contributed by atoms with E-state index in [1.54, 1.807) is 44.3 Å². The highest BCUT2D eigenvalue weighted by molar-refractivity contribution is 5.77. The van der Waals surface area contributed by atoms with Crippen LogP contribution in [0.4, 0.5) is 0 Å². The minimum atomic E-state index is 0.108. The number of amides is 1. The van der Waals surface area contributed by atoms with Crippen LogP contribution in [-0.4, -0.2) is 60.2 Å². The summed E-state index contributed by atoms with van der Waals surface area (Å²) in [5.74, 6) is 2.08. The van der Waals surface area contributed by atoms with Gasteiger partial charge in [-0.2, -0.15) is 0 Å². The summed E-state index contributed by atoms with van der Waals surface area (Å²) in [6, 6.07) is 3.82. The molecule has 0 spiro atoms. The Kier molecular flexibility index (Phi) is 5.06. The van der Waals surface area contributed by atoms with Gasteiger partial charge < -0.3 is 19.1 Å². The van der Waals surface area contributed by atoms with E-state index in [-0.39, 0.29) is 11.9 Å². The zero-order valence-electron chi connectivity index (χ0n) is 14.6. The standard InChI is InChI=1S/C17H22N4O4/c1-23-13-8-15(24-2)14(16(9-13)25-3)4-5-17(22)20-10-12(11-20)21-7-6-18-19-21/h6-9,12H,4-5,10-11H2,1-3H3. The van der Waals surface area contributed by atoms with Gasteiger partial charge in [0.1, 0.15) is 17.2 Å². The third-order valence-electron chi connectivity index (χ3n) is 4.44. The van der Waals surface area contributed by atoms with E-state index in [1.165, 1.54) is 0 Å². The van der Waals surface area contributed by atoms with Gasteiger partial charge in [0.25, 0.3) is 0 Å². The minimum Gasteiger partial charge on any atom is -0.496 e. The number of benzene rings is 1. The fraction of sp³-hybridized carbons (Fsp3) is 0.471. The van der Waals surface area contributed by atoms with Crippen LogP contribution in [0.1, 0.15) is 18.0 Å². The Labute approximate surface area is 146 Å². The molecule has 8 heteroatoms. The lowest BCUT2D eigenvalue weighted by Gasteiger charge is -2.39. The first-order chi connectivity index (χ1) is 12.2. The van der Waals surface area contributed by atoms with Gasteiger partial charge >= 0.3 is 0 Å². The predicted octanol–water partition coefficient (Wildman–Crippen LogP) is 1.32. The molecule has 1 saturated heterocycles. The molecule has 25 heavy (non-hydrogen) atoms. The number of aromatic nitrogens is 3. The van der Waals surface area contributed by atoms with E-state index in [0.717, 1.165) is 5.56 Å². The summed E-state index contributed by atoms with van der Waals surface area (Å²) in [5, 5.41) is 7.77. The van der Waals surface area contributed by atoms with Gasteiger partial charge in [0.15, 0.2) is 0 Å². The normalized spacial score (nSPS) is 14.1. The smallest absolute Gasteiger partial charge is 0.223 e. The average Bonchev–Trinajstić information content (AvgIpc) is 3.11. The van der Waals surface area contributed by atoms with Crippen LogP contribution in [0.2, 0.25) is 0 Å². The molecule has 2 aromatic rings. The van der Waals surface area contributed by atoms with Crippen LogP contribution in [0.15, 0.2) is 24.5 Å². The number of likely N-dealkylation sites (tertiary alicyclic amines) is 1. The van der Waals surface area contributed by atoms with E-state index in [0.29, 0.717) is 43.2 Å². The molecule has 1 aromatic carbocycles. The average molecular weight is 346 g/mol. The van der Waals surface area contributed by atoms with Crippen LogP contribution in [0.25, 0.3) is 0 Å². The largest absolute Gasteiger partial charge is 0.496 e. The molecule has 0 atom stereocenters. The van der Waals surface area contributed by atoms with Crippen LogP contribution >= 0.6 is 0 Å². The van der Waals surface area contributed by atoms with E-state index >= 15 is 0 Å². The highest BCUT2D eigenvalue weighted by Gasteiger charge is 2.32. The van der Waals surface area contributed by atoms with Crippen molar-refractivity contribution in [2.45, 2.75) is 18.9 Å². The Morgan fingerprint density at radius 2 is 1.84 bits per heavy atom. The molecule has 1 aromatic heterocycles. The maximum Gasteiger partial charge on any atom is 0.223 e. The molecule has 0 saturated carbocycles. The number of ether oxygens (including phenoxy) is 3. The molecule has 1 fully saturated rings. The Hall–Kier alpha value is -2.77. The molecule has 134 valence electrons. The number of nitrogens with zero attached hydrogens (tertiary/aromatic N) is 4. The fourth-order valence-electron chi connectivity index (χ4n) is 2.95. The van der Waals surface area contributed by atoms with E-state index in [9.17, 15) is 4.79 Å². The first kappa shape index (κ1) is 17.1. The Morgan fingerprint density at radius 1 is 1.16 bits per heavy atom. The zero-order chi connectivity index (χ0) is 17.8. The number of methoxy groups -OCH3 is 3. The van der Waals surface area contributed by atoms with Crippen LogP contribution in [0.3, 0.4) is 0 Å². The Morgan fingerprint density at radius 3 is 2.36 bits per heavy atom. The third kappa shape index (κ3) is 3.52. The molecular weight excluding hydrogens is 324 g/mol. The van der Waals surface area contributed by atoms with Crippen molar-refractivity contribution in [1.29, 1.82) is 0 Å². The zero-order valence-corrected chi connectivity index (χ0v) is 14.6. The number of rotatable bonds is 7. The van der Waals surface area contributed by atoms with E-state index in [4.69, 9.17) is 14.2 Å². The quantitative estimate of drug-likeness (QED) is 0.752. The maximum atomic E-state index is 12.4. The van der Waals surface area contributed by atoms with Crippen LogP contribution in [0.5, 0.6) is 17.2 Å². The Balaban J connectivity index is 1.61. The summed E-state index contributed by atoms with van der Waals surface area (Å²) in [7, 11) is 4.78. The van der Waals surface area contributed by atoms with Gasteiger partial charge in [-0.05, 0) is 6.42 Å². The number of carbonyl (C=O) groups excluding carboxylic acids is 1. The molecule has 0 unspecified atom stereocenters. The van der Waals surface area contributed by atoms with Crippen molar-refractivity contribution in [3.05, 3.63) is 30.1 Å². The van der Waals surface area contributed by atoms with Gasteiger partial charge in [0, 0.05) is 43.4 Å². The van der Waals surface area contributed by atoms with Crippen molar-refractivity contribution < 1.29 is 19.0 Å². The lowest BCUT2D eigenvalue weighted by atomic mass is 10.0. The van der Waals surface area contributed by atoms with Crippen molar-refractivity contribution in [2.24, 2.45) is 0 Å². The highest BCUT2D eigenvalue weighted by Crippen LogP contribution is 2.35. The molecule has 0 aliphatic carbocycles. The molecule has 1 amide bonds. The molecule has 0 N–H and O–H groups in total. The number of hydrogen-bond donors (Lipinski definition) is 0. The lowest BCUT2D eigenvalue weighted by molar-refractivity contribution is -0.137. The highest BCUT2D eigenvalue weighted by atomic mass is 16.5. The van der Waals surface area contributed by atoms with Gasteiger partial charge in [0.2, 0.25) is 5.91 Å². The van der Waals surface area contributed by atoms with E-state index < -0.39 is 0 Å². The second kappa shape index (κ2) is 7.42. The van der Waals surface area contributed by atoms with Crippen molar-refractivity contribution in [3.63, 3.8) is 0 Å². The first-order valence-electron chi connectivity index (χ1n) is 8.08. The van der Waals surface area contributed by atoms with Crippen molar-refractivity contribution in [1.82, 2.24) is 19.9 Å². The Bertz CT molecular complexity index is 701. The van der Waals surface area contributed by atoms with Crippen molar-refractivity contribution in [2.75, 3.05) is 34.4 Å². The number of carbonyl (C=O) groups is 1. The summed E-state index contributed by atoms with van der Waals surface area (Å²) in [5.41, 5.74) is 0.868. The lowest BCUT2D eigenvalue weighted by Crippen LogP contribution is -2.50. The van der Waals surface area contributed by atoms with Gasteiger partial charge in [-0.1, -0.05) is 5.21 Å². The monoisotopic (exact) mass is 346 g/mol. The molecule has 1 aliphatic heterocycles. The summed E-state index contributed by atoms with van der Waals surface area (Å²) in [4.78, 5) is 14.2.